The van der Waals surface area contributed by atoms with Crippen LogP contribution in [0, 0.1) is 0 Å². The van der Waals surface area contributed by atoms with Crippen molar-refractivity contribution in [3.63, 3.8) is 0 Å². The average Bonchev–Trinajstić information content (AvgIpc) is 2.84. The number of hydrogen-bond acceptors (Lipinski definition) is 4. The van der Waals surface area contributed by atoms with Gasteiger partial charge in [0.1, 0.15) is 0 Å². The van der Waals surface area contributed by atoms with Crippen LogP contribution in [0.3, 0.4) is 0 Å². The van der Waals surface area contributed by atoms with Crippen LogP contribution in [0.2, 0.25) is 0 Å². The minimum Gasteiger partial charge on any atom is -0.350 e. The zero-order valence-corrected chi connectivity index (χ0v) is 13.4. The first-order valence-corrected chi connectivity index (χ1v) is 7.37. The van der Waals surface area contributed by atoms with Gasteiger partial charge in [0.15, 0.2) is 0 Å². The van der Waals surface area contributed by atoms with E-state index in [1.807, 2.05) is 61.1 Å². The van der Waals surface area contributed by atoms with Gasteiger partial charge in [0.2, 0.25) is 11.9 Å². The first kappa shape index (κ1) is 15.0. The van der Waals surface area contributed by atoms with Gasteiger partial charge in [-0.3, -0.25) is 4.79 Å². The minimum absolute atomic E-state index is 0.0810. The van der Waals surface area contributed by atoms with E-state index in [1.54, 1.807) is 12.4 Å². The first-order chi connectivity index (χ1) is 11.0. The van der Waals surface area contributed by atoms with Crippen molar-refractivity contribution in [2.24, 2.45) is 7.05 Å². The van der Waals surface area contributed by atoms with Gasteiger partial charge in [-0.25, -0.2) is 9.97 Å². The maximum absolute atomic E-state index is 12.3. The van der Waals surface area contributed by atoms with E-state index in [4.69, 9.17) is 0 Å². The fourth-order valence-electron chi connectivity index (χ4n) is 2.56. The van der Waals surface area contributed by atoms with Gasteiger partial charge in [-0.05, 0) is 11.6 Å². The Balaban J connectivity index is 1.73. The second-order valence-electron chi connectivity index (χ2n) is 5.67. The summed E-state index contributed by atoms with van der Waals surface area (Å²) in [6.07, 6.45) is 5.54. The molecule has 23 heavy (non-hydrogen) atoms. The predicted molar refractivity (Wildman–Crippen MR) is 91.6 cm³/mol. The van der Waals surface area contributed by atoms with E-state index < -0.39 is 0 Å². The molecule has 0 saturated heterocycles. The van der Waals surface area contributed by atoms with Crippen molar-refractivity contribution in [2.45, 2.75) is 6.42 Å². The van der Waals surface area contributed by atoms with Crippen LogP contribution in [0.25, 0.3) is 10.9 Å². The summed E-state index contributed by atoms with van der Waals surface area (Å²) in [5.41, 5.74) is 2.72. The Morgan fingerprint density at radius 3 is 2.61 bits per heavy atom. The molecular formula is C17H19N5O. The molecule has 0 aliphatic rings. The van der Waals surface area contributed by atoms with Crippen LogP contribution in [-0.2, 0) is 18.3 Å². The molecule has 0 aliphatic heterocycles. The van der Waals surface area contributed by atoms with E-state index >= 15 is 0 Å². The Labute approximate surface area is 134 Å². The maximum Gasteiger partial charge on any atom is 0.228 e. The minimum atomic E-state index is -0.0810. The number of carbonyl (C=O) groups excluding carboxylic acids is 1. The van der Waals surface area contributed by atoms with Gasteiger partial charge in [0.25, 0.3) is 0 Å². The van der Waals surface area contributed by atoms with E-state index in [0.29, 0.717) is 18.1 Å². The van der Waals surface area contributed by atoms with Crippen LogP contribution in [0.15, 0.2) is 42.9 Å². The third-order valence-corrected chi connectivity index (χ3v) is 3.65. The SMILES string of the molecule is CN(C)c1ncc(NC(=O)Cc2cn(C)c3ccccc23)cn1. The Morgan fingerprint density at radius 1 is 1.22 bits per heavy atom. The van der Waals surface area contributed by atoms with Gasteiger partial charge in [-0.2, -0.15) is 0 Å². The molecule has 0 fully saturated rings. The van der Waals surface area contributed by atoms with Crippen LogP contribution in [0.5, 0.6) is 0 Å². The quantitative estimate of drug-likeness (QED) is 0.802. The van der Waals surface area contributed by atoms with Gasteiger partial charge in [0.05, 0.1) is 24.5 Å². The summed E-state index contributed by atoms with van der Waals surface area (Å²) in [4.78, 5) is 22.5. The lowest BCUT2D eigenvalue weighted by Gasteiger charge is -2.10. The highest BCUT2D eigenvalue weighted by atomic mass is 16.1. The van der Waals surface area contributed by atoms with Crippen molar-refractivity contribution >= 4 is 28.4 Å². The molecular weight excluding hydrogens is 290 g/mol. The smallest absolute Gasteiger partial charge is 0.228 e. The summed E-state index contributed by atoms with van der Waals surface area (Å²) in [6.45, 7) is 0. The van der Waals surface area contributed by atoms with E-state index in [1.165, 1.54) is 0 Å². The van der Waals surface area contributed by atoms with E-state index in [2.05, 4.69) is 15.3 Å². The Kier molecular flexibility index (Phi) is 3.97. The number of amides is 1. The summed E-state index contributed by atoms with van der Waals surface area (Å²) in [5, 5.41) is 3.94. The van der Waals surface area contributed by atoms with Gasteiger partial charge < -0.3 is 14.8 Å². The number of anilines is 2. The van der Waals surface area contributed by atoms with Gasteiger partial charge >= 0.3 is 0 Å². The molecule has 0 spiro atoms. The number of fused-ring (bicyclic) bond motifs is 1. The molecule has 6 heteroatoms. The van der Waals surface area contributed by atoms with Gasteiger partial charge in [-0.15, -0.1) is 0 Å². The third kappa shape index (κ3) is 3.15. The molecule has 118 valence electrons. The van der Waals surface area contributed by atoms with Crippen molar-refractivity contribution in [3.05, 3.63) is 48.4 Å². The molecule has 0 aliphatic carbocycles. The topological polar surface area (TPSA) is 63.1 Å². The number of hydrogen-bond donors (Lipinski definition) is 1. The van der Waals surface area contributed by atoms with Gasteiger partial charge in [0, 0.05) is 38.2 Å². The first-order valence-electron chi connectivity index (χ1n) is 7.37. The zero-order chi connectivity index (χ0) is 16.4. The number of carbonyl (C=O) groups is 1. The predicted octanol–water partition coefficient (Wildman–Crippen LogP) is 2.22. The second kappa shape index (κ2) is 6.08. The second-order valence-corrected chi connectivity index (χ2v) is 5.67. The Hall–Kier alpha value is -2.89. The fourth-order valence-corrected chi connectivity index (χ4v) is 2.56. The van der Waals surface area contributed by atoms with E-state index in [0.717, 1.165) is 16.5 Å². The number of benzene rings is 1. The molecule has 1 aromatic carbocycles. The molecule has 1 amide bonds. The van der Waals surface area contributed by atoms with Gasteiger partial charge in [-0.1, -0.05) is 18.2 Å². The molecule has 6 nitrogen and oxygen atoms in total. The number of nitrogens with one attached hydrogen (secondary N) is 1. The van der Waals surface area contributed by atoms with Crippen LogP contribution in [0.1, 0.15) is 5.56 Å². The highest BCUT2D eigenvalue weighted by molar-refractivity contribution is 5.95. The normalized spacial score (nSPS) is 10.7. The summed E-state index contributed by atoms with van der Waals surface area (Å²) >= 11 is 0. The van der Waals surface area contributed by atoms with Crippen molar-refractivity contribution in [3.8, 4) is 0 Å². The molecule has 0 atom stereocenters. The standard InChI is InChI=1S/C17H19N5O/c1-21(2)17-18-9-13(10-19-17)20-16(23)8-12-11-22(3)15-7-5-4-6-14(12)15/h4-7,9-11H,8H2,1-3H3,(H,20,23). The summed E-state index contributed by atoms with van der Waals surface area (Å²) < 4.78 is 2.03. The molecule has 0 saturated carbocycles. The van der Waals surface area contributed by atoms with Crippen LogP contribution in [0.4, 0.5) is 11.6 Å². The van der Waals surface area contributed by atoms with Crippen LogP contribution >= 0.6 is 0 Å². The lowest BCUT2D eigenvalue weighted by atomic mass is 10.1. The zero-order valence-electron chi connectivity index (χ0n) is 13.4. The number of aromatic nitrogens is 3. The molecule has 3 aromatic rings. The number of nitrogens with zero attached hydrogens (tertiary/aromatic N) is 4. The maximum atomic E-state index is 12.3. The molecule has 0 bridgehead atoms. The average molecular weight is 309 g/mol. The summed E-state index contributed by atoms with van der Waals surface area (Å²) in [7, 11) is 5.72. The highest BCUT2D eigenvalue weighted by Gasteiger charge is 2.11. The van der Waals surface area contributed by atoms with Crippen molar-refractivity contribution in [1.82, 2.24) is 14.5 Å². The lowest BCUT2D eigenvalue weighted by Crippen LogP contribution is -2.16. The number of aryl methyl sites for hydroxylation is 1. The van der Waals surface area contributed by atoms with Crippen LogP contribution < -0.4 is 10.2 Å². The molecule has 2 heterocycles. The van der Waals surface area contributed by atoms with Crippen molar-refractivity contribution in [1.29, 1.82) is 0 Å². The molecule has 2 aromatic heterocycles. The van der Waals surface area contributed by atoms with E-state index in [-0.39, 0.29) is 5.91 Å². The van der Waals surface area contributed by atoms with Crippen LogP contribution in [-0.4, -0.2) is 34.5 Å². The van der Waals surface area contributed by atoms with Crippen molar-refractivity contribution in [2.75, 3.05) is 24.3 Å². The number of rotatable bonds is 4. The third-order valence-electron chi connectivity index (χ3n) is 3.65. The molecule has 0 unspecified atom stereocenters. The lowest BCUT2D eigenvalue weighted by molar-refractivity contribution is -0.115. The van der Waals surface area contributed by atoms with Crippen molar-refractivity contribution < 1.29 is 4.79 Å². The Morgan fingerprint density at radius 2 is 1.91 bits per heavy atom. The highest BCUT2D eigenvalue weighted by Crippen LogP contribution is 2.21. The summed E-state index contributed by atoms with van der Waals surface area (Å²) in [5.74, 6) is 0.527. The fraction of sp³-hybridized carbons (Fsp3) is 0.235. The van der Waals surface area contributed by atoms with E-state index in [9.17, 15) is 4.79 Å². The molecule has 1 N–H and O–H groups in total. The summed E-state index contributed by atoms with van der Waals surface area (Å²) in [6, 6.07) is 8.06. The number of para-hydroxylation sites is 1. The molecule has 3 rings (SSSR count). The largest absolute Gasteiger partial charge is 0.350 e. The monoisotopic (exact) mass is 309 g/mol. The Bertz CT molecular complexity index is 836. The molecule has 0 radical (unpaired) electrons.